The fourth-order valence-electron chi connectivity index (χ4n) is 0.800. The Morgan fingerprint density at radius 3 is 2.40 bits per heavy atom. The van der Waals surface area contributed by atoms with Crippen LogP contribution in [-0.2, 0) is 0 Å². The Labute approximate surface area is 68.2 Å². The van der Waals surface area contributed by atoms with Crippen molar-refractivity contribution in [3.63, 3.8) is 0 Å². The SMILES string of the molecule is CNC(=S)C(N)CC(C)C. The van der Waals surface area contributed by atoms with E-state index in [0.29, 0.717) is 5.92 Å². The van der Waals surface area contributed by atoms with Crippen LogP contribution in [0.5, 0.6) is 0 Å². The second-order valence-electron chi connectivity index (χ2n) is 2.85. The van der Waals surface area contributed by atoms with Crippen LogP contribution in [0.15, 0.2) is 0 Å². The molecule has 3 N–H and O–H groups in total. The Bertz CT molecular complexity index is 112. The van der Waals surface area contributed by atoms with Crippen molar-refractivity contribution < 1.29 is 0 Å². The molecule has 0 amide bonds. The van der Waals surface area contributed by atoms with Crippen LogP contribution < -0.4 is 11.1 Å². The second-order valence-corrected chi connectivity index (χ2v) is 3.29. The smallest absolute Gasteiger partial charge is 0.0921 e. The van der Waals surface area contributed by atoms with Gasteiger partial charge in [0.2, 0.25) is 0 Å². The Morgan fingerprint density at radius 1 is 1.60 bits per heavy atom. The predicted octanol–water partition coefficient (Wildman–Crippen LogP) is 0.907. The van der Waals surface area contributed by atoms with E-state index in [0.717, 1.165) is 11.4 Å². The van der Waals surface area contributed by atoms with Crippen molar-refractivity contribution >= 4 is 17.2 Å². The van der Waals surface area contributed by atoms with E-state index in [4.69, 9.17) is 18.0 Å². The molecule has 0 fully saturated rings. The molecule has 3 heteroatoms. The van der Waals surface area contributed by atoms with Gasteiger partial charge in [0.25, 0.3) is 0 Å². The third-order valence-corrected chi connectivity index (χ3v) is 1.82. The normalized spacial score (nSPS) is 13.3. The first-order valence-electron chi connectivity index (χ1n) is 3.55. The molecule has 10 heavy (non-hydrogen) atoms. The van der Waals surface area contributed by atoms with Crippen LogP contribution in [0.1, 0.15) is 20.3 Å². The highest BCUT2D eigenvalue weighted by Crippen LogP contribution is 2.02. The first-order chi connectivity index (χ1) is 4.57. The standard InChI is InChI=1S/C7H16N2S/c1-5(2)4-6(8)7(10)9-3/h5-6H,4,8H2,1-3H3,(H,9,10). The summed E-state index contributed by atoms with van der Waals surface area (Å²) in [7, 11) is 1.81. The highest BCUT2D eigenvalue weighted by atomic mass is 32.1. The lowest BCUT2D eigenvalue weighted by molar-refractivity contribution is 0.558. The van der Waals surface area contributed by atoms with Gasteiger partial charge in [-0.05, 0) is 12.3 Å². The molecule has 0 aromatic rings. The zero-order valence-electron chi connectivity index (χ0n) is 6.85. The van der Waals surface area contributed by atoms with Gasteiger partial charge in [0, 0.05) is 7.05 Å². The molecule has 1 atom stereocenters. The lowest BCUT2D eigenvalue weighted by Gasteiger charge is -2.14. The fourth-order valence-corrected chi connectivity index (χ4v) is 0.897. The van der Waals surface area contributed by atoms with Gasteiger partial charge in [-0.2, -0.15) is 0 Å². The largest absolute Gasteiger partial charge is 0.381 e. The lowest BCUT2D eigenvalue weighted by atomic mass is 10.0. The van der Waals surface area contributed by atoms with Gasteiger partial charge in [0.15, 0.2) is 0 Å². The van der Waals surface area contributed by atoms with E-state index in [-0.39, 0.29) is 6.04 Å². The quantitative estimate of drug-likeness (QED) is 0.603. The number of nitrogens with one attached hydrogen (secondary N) is 1. The molecular weight excluding hydrogens is 144 g/mol. The summed E-state index contributed by atoms with van der Waals surface area (Å²) in [5, 5.41) is 2.88. The minimum atomic E-state index is 0.0278. The van der Waals surface area contributed by atoms with Crippen LogP contribution in [0.4, 0.5) is 0 Å². The maximum atomic E-state index is 5.72. The molecule has 0 heterocycles. The lowest BCUT2D eigenvalue weighted by Crippen LogP contribution is -2.38. The molecule has 0 rings (SSSR count). The van der Waals surface area contributed by atoms with Gasteiger partial charge < -0.3 is 11.1 Å². The van der Waals surface area contributed by atoms with E-state index in [1.165, 1.54) is 0 Å². The molecule has 0 aliphatic carbocycles. The van der Waals surface area contributed by atoms with Crippen molar-refractivity contribution in [3.05, 3.63) is 0 Å². The molecule has 0 radical (unpaired) electrons. The van der Waals surface area contributed by atoms with E-state index in [2.05, 4.69) is 19.2 Å². The minimum absolute atomic E-state index is 0.0278. The predicted molar refractivity (Wildman–Crippen MR) is 49.1 cm³/mol. The van der Waals surface area contributed by atoms with Crippen molar-refractivity contribution in [2.75, 3.05) is 7.05 Å². The van der Waals surface area contributed by atoms with E-state index in [9.17, 15) is 0 Å². The minimum Gasteiger partial charge on any atom is -0.381 e. The molecular formula is C7H16N2S. The Morgan fingerprint density at radius 2 is 2.10 bits per heavy atom. The molecule has 0 aromatic carbocycles. The highest BCUT2D eigenvalue weighted by molar-refractivity contribution is 7.80. The van der Waals surface area contributed by atoms with Crippen molar-refractivity contribution in [3.8, 4) is 0 Å². The zero-order chi connectivity index (χ0) is 8.15. The summed E-state index contributed by atoms with van der Waals surface area (Å²) in [5.74, 6) is 0.612. The molecule has 0 aliphatic heterocycles. The monoisotopic (exact) mass is 160 g/mol. The number of likely N-dealkylation sites (N-methyl/N-ethyl adjacent to an activating group) is 1. The van der Waals surface area contributed by atoms with Crippen molar-refractivity contribution in [2.24, 2.45) is 11.7 Å². The van der Waals surface area contributed by atoms with Crippen molar-refractivity contribution in [1.29, 1.82) is 0 Å². The molecule has 60 valence electrons. The van der Waals surface area contributed by atoms with E-state index < -0.39 is 0 Å². The van der Waals surface area contributed by atoms with Crippen LogP contribution in [-0.4, -0.2) is 18.1 Å². The van der Waals surface area contributed by atoms with Crippen LogP contribution >= 0.6 is 12.2 Å². The number of nitrogens with two attached hydrogens (primary N) is 1. The fraction of sp³-hybridized carbons (Fsp3) is 0.857. The first-order valence-corrected chi connectivity index (χ1v) is 3.96. The van der Waals surface area contributed by atoms with Crippen LogP contribution in [0.25, 0.3) is 0 Å². The van der Waals surface area contributed by atoms with Gasteiger partial charge in [-0.25, -0.2) is 0 Å². The number of thiocarbonyl (C=S) groups is 1. The van der Waals surface area contributed by atoms with Gasteiger partial charge in [-0.3, -0.25) is 0 Å². The van der Waals surface area contributed by atoms with Crippen LogP contribution in [0.2, 0.25) is 0 Å². The van der Waals surface area contributed by atoms with Crippen LogP contribution in [0.3, 0.4) is 0 Å². The summed E-state index contributed by atoms with van der Waals surface area (Å²) in [4.78, 5) is 0.758. The van der Waals surface area contributed by atoms with E-state index >= 15 is 0 Å². The maximum Gasteiger partial charge on any atom is 0.0921 e. The topological polar surface area (TPSA) is 38.0 Å². The summed E-state index contributed by atoms with van der Waals surface area (Å²) in [6, 6.07) is 0.0278. The van der Waals surface area contributed by atoms with Crippen molar-refractivity contribution in [1.82, 2.24) is 5.32 Å². The summed E-state index contributed by atoms with van der Waals surface area (Å²) >= 11 is 4.96. The van der Waals surface area contributed by atoms with Crippen molar-refractivity contribution in [2.45, 2.75) is 26.3 Å². The summed E-state index contributed by atoms with van der Waals surface area (Å²) < 4.78 is 0. The third kappa shape index (κ3) is 3.80. The molecule has 1 unspecified atom stereocenters. The molecule has 0 bridgehead atoms. The Hall–Kier alpha value is -0.150. The Balaban J connectivity index is 3.61. The summed E-state index contributed by atoms with van der Waals surface area (Å²) in [6.07, 6.45) is 0.958. The molecule has 0 spiro atoms. The maximum absolute atomic E-state index is 5.72. The third-order valence-electron chi connectivity index (χ3n) is 1.31. The first kappa shape index (κ1) is 9.85. The number of rotatable bonds is 3. The van der Waals surface area contributed by atoms with Gasteiger partial charge in [-0.15, -0.1) is 0 Å². The summed E-state index contributed by atoms with van der Waals surface area (Å²) in [5.41, 5.74) is 5.72. The number of hydrogen-bond donors (Lipinski definition) is 2. The van der Waals surface area contributed by atoms with Gasteiger partial charge in [0.05, 0.1) is 11.0 Å². The molecule has 0 saturated heterocycles. The molecule has 0 aliphatic rings. The molecule has 0 aromatic heterocycles. The summed E-state index contributed by atoms with van der Waals surface area (Å²) in [6.45, 7) is 4.27. The van der Waals surface area contributed by atoms with Crippen LogP contribution in [0, 0.1) is 5.92 Å². The molecule has 2 nitrogen and oxygen atoms in total. The van der Waals surface area contributed by atoms with E-state index in [1.54, 1.807) is 0 Å². The Kier molecular flexibility index (Phi) is 4.56. The van der Waals surface area contributed by atoms with Gasteiger partial charge >= 0.3 is 0 Å². The van der Waals surface area contributed by atoms with Gasteiger partial charge in [-0.1, -0.05) is 26.1 Å². The highest BCUT2D eigenvalue weighted by Gasteiger charge is 2.08. The average molecular weight is 160 g/mol. The van der Waals surface area contributed by atoms with E-state index in [1.807, 2.05) is 7.05 Å². The average Bonchev–Trinajstić information content (AvgIpc) is 1.85. The number of hydrogen-bond acceptors (Lipinski definition) is 2. The second kappa shape index (κ2) is 4.63. The molecule has 0 saturated carbocycles. The van der Waals surface area contributed by atoms with Gasteiger partial charge in [0.1, 0.15) is 0 Å². The zero-order valence-corrected chi connectivity index (χ0v) is 7.66.